The van der Waals surface area contributed by atoms with Crippen molar-refractivity contribution in [3.63, 3.8) is 0 Å². The minimum absolute atomic E-state index is 0.0303. The van der Waals surface area contributed by atoms with Crippen LogP contribution in [0.25, 0.3) is 0 Å². The summed E-state index contributed by atoms with van der Waals surface area (Å²) in [6.07, 6.45) is -1.60. The van der Waals surface area contributed by atoms with Gasteiger partial charge < -0.3 is 18.9 Å². The molecule has 0 saturated carbocycles. The Balaban J connectivity index is 2.89. The molecule has 11 heteroatoms. The van der Waals surface area contributed by atoms with Crippen LogP contribution < -0.4 is 0 Å². The average Bonchev–Trinajstić information content (AvgIpc) is 2.87. The highest BCUT2D eigenvalue weighted by Gasteiger charge is 2.55. The predicted octanol–water partition coefficient (Wildman–Crippen LogP) is 2.59. The van der Waals surface area contributed by atoms with Crippen molar-refractivity contribution < 1.29 is 44.7 Å². The molecule has 0 aromatic heterocycles. The van der Waals surface area contributed by atoms with Crippen molar-refractivity contribution in [3.8, 4) is 0 Å². The molecule has 1 saturated heterocycles. The van der Waals surface area contributed by atoms with Gasteiger partial charge >= 0.3 is 15.6 Å². The van der Waals surface area contributed by atoms with Crippen molar-refractivity contribution >= 4 is 10.1 Å². The molecule has 1 aliphatic heterocycles. The largest absolute Gasteiger partial charge is 0.523 e. The van der Waals surface area contributed by atoms with Crippen LogP contribution in [0.4, 0.5) is 13.2 Å². The third kappa shape index (κ3) is 6.61. The zero-order valence-electron chi connectivity index (χ0n) is 15.2. The van der Waals surface area contributed by atoms with Gasteiger partial charge in [-0.2, -0.15) is 21.6 Å². The second-order valence-electron chi connectivity index (χ2n) is 5.86. The Hall–Kier alpha value is -0.460. The second kappa shape index (κ2) is 10.8. The van der Waals surface area contributed by atoms with Crippen molar-refractivity contribution in [2.45, 2.75) is 69.6 Å². The van der Waals surface area contributed by atoms with E-state index in [0.29, 0.717) is 13.0 Å². The molecule has 0 radical (unpaired) electrons. The van der Waals surface area contributed by atoms with E-state index >= 15 is 0 Å². The molecule has 26 heavy (non-hydrogen) atoms. The molecule has 1 rings (SSSR count). The zero-order chi connectivity index (χ0) is 19.8. The summed E-state index contributed by atoms with van der Waals surface area (Å²) in [6, 6.07) is 0. The lowest BCUT2D eigenvalue weighted by Gasteiger charge is -2.24. The number of alkyl halides is 3. The van der Waals surface area contributed by atoms with E-state index in [2.05, 4.69) is 4.18 Å². The number of ether oxygens (including phenoxy) is 4. The van der Waals surface area contributed by atoms with E-state index in [-0.39, 0.29) is 13.2 Å². The fourth-order valence-corrected chi connectivity index (χ4v) is 2.93. The second-order valence-corrected chi connectivity index (χ2v) is 7.42. The maximum Gasteiger partial charge on any atom is 0.523 e. The zero-order valence-corrected chi connectivity index (χ0v) is 16.0. The van der Waals surface area contributed by atoms with E-state index in [0.717, 1.165) is 19.3 Å². The summed E-state index contributed by atoms with van der Waals surface area (Å²) in [5.74, 6) is 0. The number of hydrogen-bond acceptors (Lipinski definition) is 7. The van der Waals surface area contributed by atoms with E-state index in [1.807, 2.05) is 13.8 Å². The normalized spacial score (nSPS) is 27.2. The lowest BCUT2D eigenvalue weighted by molar-refractivity contribution is -0.154. The van der Waals surface area contributed by atoms with Crippen LogP contribution in [0, 0.1) is 0 Å². The predicted molar refractivity (Wildman–Crippen MR) is 85.9 cm³/mol. The van der Waals surface area contributed by atoms with Crippen molar-refractivity contribution in [2.24, 2.45) is 0 Å². The Bertz CT molecular complexity index is 498. The molecular formula is C15H27F3O7S. The first-order chi connectivity index (χ1) is 12.2. The van der Waals surface area contributed by atoms with E-state index in [9.17, 15) is 21.6 Å². The monoisotopic (exact) mass is 408 g/mol. The summed E-state index contributed by atoms with van der Waals surface area (Å²) in [6.45, 7) is 4.60. The molecular weight excluding hydrogens is 381 g/mol. The highest BCUT2D eigenvalue weighted by Crippen LogP contribution is 2.33. The van der Waals surface area contributed by atoms with Gasteiger partial charge in [0.15, 0.2) is 12.4 Å². The average molecular weight is 408 g/mol. The third-order valence-corrected chi connectivity index (χ3v) is 4.80. The first-order valence-corrected chi connectivity index (χ1v) is 9.95. The molecule has 1 heterocycles. The summed E-state index contributed by atoms with van der Waals surface area (Å²) >= 11 is 0. The van der Waals surface area contributed by atoms with Crippen LogP contribution in [0.15, 0.2) is 0 Å². The highest BCUT2D eigenvalue weighted by molar-refractivity contribution is 7.87. The number of methoxy groups -OCH3 is 1. The molecule has 1 fully saturated rings. The summed E-state index contributed by atoms with van der Waals surface area (Å²) in [7, 11) is -4.64. The number of rotatable bonds is 12. The molecule has 4 atom stereocenters. The van der Waals surface area contributed by atoms with Gasteiger partial charge in [-0.1, -0.05) is 26.7 Å². The minimum atomic E-state index is -5.82. The third-order valence-electron chi connectivity index (χ3n) is 3.75. The number of hydrogen-bond donors (Lipinski definition) is 0. The summed E-state index contributed by atoms with van der Waals surface area (Å²) in [5, 5.41) is 0. The van der Waals surface area contributed by atoms with E-state index in [1.165, 1.54) is 7.11 Å². The fraction of sp³-hybridized carbons (Fsp3) is 1.00. The quantitative estimate of drug-likeness (QED) is 0.279. The fourth-order valence-electron chi connectivity index (χ4n) is 2.33. The van der Waals surface area contributed by atoms with Gasteiger partial charge in [0.25, 0.3) is 0 Å². The van der Waals surface area contributed by atoms with Gasteiger partial charge in [-0.3, -0.25) is 4.18 Å². The Morgan fingerprint density at radius 1 is 1.04 bits per heavy atom. The Morgan fingerprint density at radius 3 is 2.19 bits per heavy atom. The number of unbranched alkanes of at least 4 members (excludes halogenated alkanes) is 2. The van der Waals surface area contributed by atoms with Crippen molar-refractivity contribution in [1.29, 1.82) is 0 Å². The highest BCUT2D eigenvalue weighted by atomic mass is 32.2. The van der Waals surface area contributed by atoms with Crippen LogP contribution in [0.5, 0.6) is 0 Å². The lowest BCUT2D eigenvalue weighted by Crippen LogP contribution is -2.43. The van der Waals surface area contributed by atoms with Crippen LogP contribution in [-0.2, 0) is 33.2 Å². The molecule has 1 aliphatic rings. The Morgan fingerprint density at radius 2 is 1.65 bits per heavy atom. The molecule has 7 nitrogen and oxygen atoms in total. The van der Waals surface area contributed by atoms with Crippen LogP contribution in [-0.4, -0.2) is 65.5 Å². The molecule has 0 N–H and O–H groups in total. The van der Waals surface area contributed by atoms with Crippen LogP contribution in [0.2, 0.25) is 0 Å². The SMILES string of the molecule is CCCCOC[C@H]1OC(OC)[C@@H](OS(=O)(=O)C(F)(F)F)[C@@H]1OCCCC. The van der Waals surface area contributed by atoms with Gasteiger partial charge in [0, 0.05) is 20.3 Å². The minimum Gasteiger partial charge on any atom is -0.379 e. The van der Waals surface area contributed by atoms with Crippen LogP contribution in [0.1, 0.15) is 39.5 Å². The van der Waals surface area contributed by atoms with E-state index in [1.54, 1.807) is 0 Å². The first kappa shape index (κ1) is 23.6. The van der Waals surface area contributed by atoms with E-state index < -0.39 is 40.2 Å². The molecule has 0 aromatic rings. The lowest BCUT2D eigenvalue weighted by atomic mass is 10.1. The Kier molecular flexibility index (Phi) is 9.76. The summed E-state index contributed by atoms with van der Waals surface area (Å²) in [5.41, 5.74) is -5.55. The topological polar surface area (TPSA) is 80.3 Å². The van der Waals surface area contributed by atoms with E-state index in [4.69, 9.17) is 18.9 Å². The van der Waals surface area contributed by atoms with Crippen molar-refractivity contribution in [1.82, 2.24) is 0 Å². The van der Waals surface area contributed by atoms with Gasteiger partial charge in [-0.25, -0.2) is 0 Å². The van der Waals surface area contributed by atoms with Gasteiger partial charge in [0.1, 0.15) is 12.2 Å². The van der Waals surface area contributed by atoms with Gasteiger partial charge in [0.2, 0.25) is 0 Å². The molecule has 0 spiro atoms. The molecule has 0 aromatic carbocycles. The smallest absolute Gasteiger partial charge is 0.379 e. The number of halogens is 3. The van der Waals surface area contributed by atoms with Gasteiger partial charge in [-0.15, -0.1) is 0 Å². The van der Waals surface area contributed by atoms with Gasteiger partial charge in [-0.05, 0) is 12.8 Å². The summed E-state index contributed by atoms with van der Waals surface area (Å²) < 4.78 is 86.7. The molecule has 0 aliphatic carbocycles. The van der Waals surface area contributed by atoms with Gasteiger partial charge in [0.05, 0.1) is 6.61 Å². The van der Waals surface area contributed by atoms with Crippen LogP contribution >= 0.6 is 0 Å². The summed E-state index contributed by atoms with van der Waals surface area (Å²) in [4.78, 5) is 0. The first-order valence-electron chi connectivity index (χ1n) is 8.55. The maximum absolute atomic E-state index is 12.7. The molecule has 0 bridgehead atoms. The molecule has 0 amide bonds. The standard InChI is InChI=1S/C15H27F3O7S/c1-4-6-8-22-10-11-12(23-9-7-5-2)13(14(21-3)24-11)25-26(19,20)15(16,17)18/h11-14H,4-10H2,1-3H3/t11-,12-,13+,14?/m1/s1. The van der Waals surface area contributed by atoms with Crippen molar-refractivity contribution in [3.05, 3.63) is 0 Å². The maximum atomic E-state index is 12.7. The molecule has 156 valence electrons. The van der Waals surface area contributed by atoms with Crippen LogP contribution in [0.3, 0.4) is 0 Å². The molecule has 1 unspecified atom stereocenters. The Labute approximate surface area is 152 Å². The van der Waals surface area contributed by atoms with Crippen molar-refractivity contribution in [2.75, 3.05) is 26.9 Å².